The number of hydrogen-bond acceptors (Lipinski definition) is 5. The van der Waals surface area contributed by atoms with Crippen LogP contribution >= 0.6 is 0 Å². The maximum absolute atomic E-state index is 11.8. The summed E-state index contributed by atoms with van der Waals surface area (Å²) in [4.78, 5) is 8.01. The van der Waals surface area contributed by atoms with E-state index in [1.54, 1.807) is 0 Å². The van der Waals surface area contributed by atoms with Gasteiger partial charge in [-0.2, -0.15) is 0 Å². The lowest BCUT2D eigenvalue weighted by Crippen LogP contribution is -2.15. The fourth-order valence-electron chi connectivity index (χ4n) is 1.49. The molecule has 0 fully saturated rings. The highest BCUT2D eigenvalue weighted by Crippen LogP contribution is 2.18. The lowest BCUT2D eigenvalue weighted by atomic mass is 10.1. The van der Waals surface area contributed by atoms with Gasteiger partial charge in [0, 0.05) is 12.1 Å². The van der Waals surface area contributed by atoms with E-state index in [2.05, 4.69) is 15.3 Å². The Kier molecular flexibility index (Phi) is 6.27. The average Bonchev–Trinajstić information content (AvgIpc) is 2.32. The number of halogens is 2. The van der Waals surface area contributed by atoms with Crippen LogP contribution in [0.15, 0.2) is 6.33 Å². The molecule has 7 heteroatoms. The Morgan fingerprint density at radius 1 is 1.44 bits per heavy atom. The number of rotatable bonds is 8. The zero-order chi connectivity index (χ0) is 13.4. The smallest absolute Gasteiger partial charge is 0.261 e. The van der Waals surface area contributed by atoms with Gasteiger partial charge in [0.2, 0.25) is 0 Å². The van der Waals surface area contributed by atoms with Crippen molar-refractivity contribution in [2.24, 2.45) is 0 Å². The van der Waals surface area contributed by atoms with Crippen LogP contribution in [0.3, 0.4) is 0 Å². The van der Waals surface area contributed by atoms with Crippen molar-refractivity contribution in [2.75, 3.05) is 30.8 Å². The van der Waals surface area contributed by atoms with Crippen LogP contribution in [0.25, 0.3) is 0 Å². The van der Waals surface area contributed by atoms with Crippen LogP contribution < -0.4 is 11.1 Å². The van der Waals surface area contributed by atoms with Gasteiger partial charge in [-0.1, -0.05) is 13.3 Å². The first-order valence-corrected chi connectivity index (χ1v) is 5.84. The number of nitrogens with two attached hydrogens (primary N) is 1. The van der Waals surface area contributed by atoms with Crippen molar-refractivity contribution in [3.63, 3.8) is 0 Å². The summed E-state index contributed by atoms with van der Waals surface area (Å²) in [6, 6.07) is 0. The molecule has 0 aliphatic carbocycles. The zero-order valence-electron chi connectivity index (χ0n) is 10.3. The predicted octanol–water partition coefficient (Wildman–Crippen LogP) is 1.70. The minimum atomic E-state index is -2.43. The fourth-order valence-corrected chi connectivity index (χ4v) is 1.49. The molecule has 5 nitrogen and oxygen atoms in total. The van der Waals surface area contributed by atoms with Crippen molar-refractivity contribution in [3.8, 4) is 0 Å². The highest BCUT2D eigenvalue weighted by molar-refractivity contribution is 5.54. The lowest BCUT2D eigenvalue weighted by Gasteiger charge is -2.11. The number of ether oxygens (including phenoxy) is 1. The SMILES string of the molecule is CCCc1c(N)ncnc1NCCOCC(F)F. The largest absolute Gasteiger partial charge is 0.383 e. The first-order valence-electron chi connectivity index (χ1n) is 5.84. The Bertz CT molecular complexity index is 363. The quantitative estimate of drug-likeness (QED) is 0.696. The van der Waals surface area contributed by atoms with E-state index in [-0.39, 0.29) is 6.61 Å². The van der Waals surface area contributed by atoms with Gasteiger partial charge >= 0.3 is 0 Å². The summed E-state index contributed by atoms with van der Waals surface area (Å²) in [6.45, 7) is 2.08. The Hall–Kier alpha value is -1.50. The molecule has 1 heterocycles. The van der Waals surface area contributed by atoms with E-state index in [0.717, 1.165) is 18.4 Å². The number of nitrogens with one attached hydrogen (secondary N) is 1. The molecule has 1 aromatic heterocycles. The molecule has 0 aliphatic rings. The molecule has 3 N–H and O–H groups in total. The van der Waals surface area contributed by atoms with Crippen molar-refractivity contribution in [1.29, 1.82) is 0 Å². The van der Waals surface area contributed by atoms with Crippen molar-refractivity contribution < 1.29 is 13.5 Å². The van der Waals surface area contributed by atoms with Crippen molar-refractivity contribution in [1.82, 2.24) is 9.97 Å². The average molecular weight is 260 g/mol. The summed E-state index contributed by atoms with van der Waals surface area (Å²) in [5, 5.41) is 3.01. The van der Waals surface area contributed by atoms with E-state index in [1.807, 2.05) is 6.92 Å². The van der Waals surface area contributed by atoms with Crippen LogP contribution in [0.1, 0.15) is 18.9 Å². The highest BCUT2D eigenvalue weighted by Gasteiger charge is 2.08. The van der Waals surface area contributed by atoms with Gasteiger partial charge < -0.3 is 15.8 Å². The van der Waals surface area contributed by atoms with Crippen molar-refractivity contribution >= 4 is 11.6 Å². The summed E-state index contributed by atoms with van der Waals surface area (Å²) < 4.78 is 28.4. The van der Waals surface area contributed by atoms with E-state index in [4.69, 9.17) is 10.5 Å². The second-order valence-corrected chi connectivity index (χ2v) is 3.73. The first kappa shape index (κ1) is 14.6. The Morgan fingerprint density at radius 2 is 2.22 bits per heavy atom. The second kappa shape index (κ2) is 7.75. The molecule has 0 aliphatic heterocycles. The number of nitrogens with zero attached hydrogens (tertiary/aromatic N) is 2. The third kappa shape index (κ3) is 4.79. The minimum absolute atomic E-state index is 0.194. The van der Waals surface area contributed by atoms with Crippen molar-refractivity contribution in [2.45, 2.75) is 26.2 Å². The van der Waals surface area contributed by atoms with E-state index in [0.29, 0.717) is 18.2 Å². The molecule has 0 saturated carbocycles. The summed E-state index contributed by atoms with van der Waals surface area (Å²) in [7, 11) is 0. The van der Waals surface area contributed by atoms with Crippen LogP contribution in [0.4, 0.5) is 20.4 Å². The summed E-state index contributed by atoms with van der Waals surface area (Å²) >= 11 is 0. The van der Waals surface area contributed by atoms with Crippen LogP contribution in [0, 0.1) is 0 Å². The molecule has 1 rings (SSSR count). The topological polar surface area (TPSA) is 73.1 Å². The number of anilines is 2. The van der Waals surface area contributed by atoms with E-state index < -0.39 is 13.0 Å². The molecule has 18 heavy (non-hydrogen) atoms. The van der Waals surface area contributed by atoms with Gasteiger partial charge in [0.05, 0.1) is 6.61 Å². The maximum atomic E-state index is 11.8. The standard InChI is InChI=1S/C11H18F2N4O/c1-2-3-8-10(14)16-7-17-11(8)15-4-5-18-6-9(12)13/h7,9H,2-6H2,1H3,(H3,14,15,16,17). The normalized spacial score (nSPS) is 10.9. The van der Waals surface area contributed by atoms with E-state index >= 15 is 0 Å². The van der Waals surface area contributed by atoms with Crippen molar-refractivity contribution in [3.05, 3.63) is 11.9 Å². The molecular formula is C11H18F2N4O. The highest BCUT2D eigenvalue weighted by atomic mass is 19.3. The Balaban J connectivity index is 2.44. The number of nitrogen functional groups attached to an aromatic ring is 1. The molecule has 1 aromatic rings. The number of aromatic nitrogens is 2. The molecule has 0 radical (unpaired) electrons. The number of hydrogen-bond donors (Lipinski definition) is 2. The molecule has 102 valence electrons. The summed E-state index contributed by atoms with van der Waals surface area (Å²) in [5.74, 6) is 1.09. The van der Waals surface area contributed by atoms with Crippen LogP contribution in [-0.2, 0) is 11.2 Å². The van der Waals surface area contributed by atoms with Gasteiger partial charge in [0.25, 0.3) is 6.43 Å². The monoisotopic (exact) mass is 260 g/mol. The van der Waals surface area contributed by atoms with Gasteiger partial charge in [-0.05, 0) is 6.42 Å². The summed E-state index contributed by atoms with van der Waals surface area (Å²) in [6.07, 6.45) is 0.632. The maximum Gasteiger partial charge on any atom is 0.261 e. The predicted molar refractivity (Wildman–Crippen MR) is 65.8 cm³/mol. The second-order valence-electron chi connectivity index (χ2n) is 3.73. The van der Waals surface area contributed by atoms with Crippen LogP contribution in [0.5, 0.6) is 0 Å². The lowest BCUT2D eigenvalue weighted by molar-refractivity contribution is 0.0214. The van der Waals surface area contributed by atoms with Gasteiger partial charge in [0.15, 0.2) is 0 Å². The molecule has 0 aromatic carbocycles. The first-order chi connectivity index (χ1) is 8.65. The van der Waals surface area contributed by atoms with E-state index in [9.17, 15) is 8.78 Å². The number of alkyl halides is 2. The molecule has 0 atom stereocenters. The van der Waals surface area contributed by atoms with Gasteiger partial charge in [-0.3, -0.25) is 0 Å². The Morgan fingerprint density at radius 3 is 2.89 bits per heavy atom. The fraction of sp³-hybridized carbons (Fsp3) is 0.636. The molecule has 0 unspecified atom stereocenters. The molecule has 0 saturated heterocycles. The third-order valence-electron chi connectivity index (χ3n) is 2.26. The molecule has 0 spiro atoms. The van der Waals surface area contributed by atoms with Crippen LogP contribution in [-0.4, -0.2) is 36.2 Å². The van der Waals surface area contributed by atoms with Gasteiger partial charge in [-0.15, -0.1) is 0 Å². The van der Waals surface area contributed by atoms with E-state index in [1.165, 1.54) is 6.33 Å². The minimum Gasteiger partial charge on any atom is -0.383 e. The molecule has 0 amide bonds. The zero-order valence-corrected chi connectivity index (χ0v) is 10.3. The third-order valence-corrected chi connectivity index (χ3v) is 2.26. The molecular weight excluding hydrogens is 242 g/mol. The Labute approximate surface area is 105 Å². The van der Waals surface area contributed by atoms with Gasteiger partial charge in [0.1, 0.15) is 24.6 Å². The van der Waals surface area contributed by atoms with Crippen LogP contribution in [0.2, 0.25) is 0 Å². The van der Waals surface area contributed by atoms with Gasteiger partial charge in [-0.25, -0.2) is 18.7 Å². The molecule has 0 bridgehead atoms. The summed E-state index contributed by atoms with van der Waals surface area (Å²) in [5.41, 5.74) is 6.61.